The molecule has 2 aromatic rings. The van der Waals surface area contributed by atoms with Crippen LogP contribution >= 0.6 is 0 Å². The fourth-order valence-corrected chi connectivity index (χ4v) is 6.66. The number of unbranched alkanes of at least 4 members (excludes halogenated alkanes) is 3. The van der Waals surface area contributed by atoms with Crippen LogP contribution in [0, 0.1) is 0 Å². The molecule has 2 N–H and O–H groups in total. The zero-order valence-corrected chi connectivity index (χ0v) is 25.0. The number of phenolic OH excluding ortho intramolecular Hbond substituents is 2. The van der Waals surface area contributed by atoms with Gasteiger partial charge in [-0.2, -0.15) is 22.0 Å². The lowest BCUT2D eigenvalue weighted by molar-refractivity contribution is -0.284. The normalized spacial score (nSPS) is 15.1. The van der Waals surface area contributed by atoms with Crippen molar-refractivity contribution < 1.29 is 36.7 Å². The molecule has 1 unspecified atom stereocenters. The van der Waals surface area contributed by atoms with Crippen LogP contribution in [0.15, 0.2) is 42.5 Å². The molecule has 234 valence electrons. The van der Waals surface area contributed by atoms with Crippen molar-refractivity contribution in [2.45, 2.75) is 82.7 Å². The number of nitrogens with zero attached hydrogens (tertiary/aromatic N) is 1. The highest BCUT2D eigenvalue weighted by atomic mass is 32.2. The number of hydrogen-bond acceptors (Lipinski definition) is 4. The van der Waals surface area contributed by atoms with Gasteiger partial charge in [0.05, 0.1) is 0 Å². The van der Waals surface area contributed by atoms with Gasteiger partial charge in [0.15, 0.2) is 0 Å². The molecular formula is C32H42F5NO3S. The summed E-state index contributed by atoms with van der Waals surface area (Å²) in [5, 5.41) is 20.1. The number of aryl methyl sites for hydroxylation is 1. The molecule has 3 rings (SSSR count). The first kappa shape index (κ1) is 34.2. The number of aromatic hydroxyl groups is 2. The van der Waals surface area contributed by atoms with E-state index in [0.717, 1.165) is 75.6 Å². The average Bonchev–Trinajstić information content (AvgIpc) is 3.09. The Bertz CT molecular complexity index is 1170. The number of fused-ring (bicyclic) bond motifs is 1. The van der Waals surface area contributed by atoms with Gasteiger partial charge in [-0.15, -0.1) is 0 Å². The van der Waals surface area contributed by atoms with Crippen LogP contribution < -0.4 is 0 Å². The molecule has 0 aromatic heterocycles. The first-order valence-electron chi connectivity index (χ1n) is 14.7. The van der Waals surface area contributed by atoms with Crippen molar-refractivity contribution in [2.75, 3.05) is 31.6 Å². The molecular weight excluding hydrogens is 573 g/mol. The van der Waals surface area contributed by atoms with Gasteiger partial charge in [0.25, 0.3) is 0 Å². The predicted molar refractivity (Wildman–Crippen MR) is 159 cm³/mol. The van der Waals surface area contributed by atoms with Crippen LogP contribution in [-0.4, -0.2) is 63.4 Å². The summed E-state index contributed by atoms with van der Waals surface area (Å²) in [5.41, 5.74) is 5.88. The largest absolute Gasteiger partial charge is 0.616 e. The second kappa shape index (κ2) is 16.0. The summed E-state index contributed by atoms with van der Waals surface area (Å²) >= 11 is -1.39. The summed E-state index contributed by atoms with van der Waals surface area (Å²) in [4.78, 5) is 2.20. The van der Waals surface area contributed by atoms with Gasteiger partial charge in [0.1, 0.15) is 23.0 Å². The number of allylic oxidation sites excluding steroid dienone is 2. The minimum Gasteiger partial charge on any atom is -0.616 e. The third-order valence-corrected chi connectivity index (χ3v) is 9.24. The van der Waals surface area contributed by atoms with E-state index < -0.39 is 36.1 Å². The SMILES string of the molecule is CN(CCCCCC1=C(c2cccc(O)c2)CCCc2cc(O)ccc21)CCCC[S+]([O-])CCCC(F)(F)C(F)(F)F. The molecule has 0 bridgehead atoms. The predicted octanol–water partition coefficient (Wildman–Crippen LogP) is 8.34. The molecule has 10 heteroatoms. The summed E-state index contributed by atoms with van der Waals surface area (Å²) in [7, 11) is 2.02. The van der Waals surface area contributed by atoms with Crippen molar-refractivity contribution in [2.24, 2.45) is 0 Å². The Kier molecular flexibility index (Phi) is 13.0. The Morgan fingerprint density at radius 1 is 0.833 bits per heavy atom. The van der Waals surface area contributed by atoms with E-state index in [1.54, 1.807) is 12.1 Å². The summed E-state index contributed by atoms with van der Waals surface area (Å²) < 4.78 is 74.6. The van der Waals surface area contributed by atoms with Crippen LogP contribution in [0.2, 0.25) is 0 Å². The van der Waals surface area contributed by atoms with Crippen LogP contribution in [-0.2, 0) is 17.6 Å². The first-order valence-corrected chi connectivity index (χ1v) is 16.2. The highest BCUT2D eigenvalue weighted by Gasteiger charge is 2.56. The fraction of sp³-hybridized carbons (Fsp3) is 0.562. The molecule has 4 nitrogen and oxygen atoms in total. The van der Waals surface area contributed by atoms with E-state index in [9.17, 15) is 36.7 Å². The maximum Gasteiger partial charge on any atom is 0.453 e. The number of benzene rings is 2. The number of halogens is 5. The number of hydrogen-bond donors (Lipinski definition) is 2. The van der Waals surface area contributed by atoms with Crippen molar-refractivity contribution >= 4 is 22.3 Å². The molecule has 1 atom stereocenters. The number of phenols is 2. The Morgan fingerprint density at radius 3 is 2.24 bits per heavy atom. The van der Waals surface area contributed by atoms with Gasteiger partial charge in [-0.3, -0.25) is 0 Å². The topological polar surface area (TPSA) is 66.8 Å². The molecule has 2 aromatic carbocycles. The number of rotatable bonds is 16. The molecule has 0 heterocycles. The Labute approximate surface area is 248 Å². The second-order valence-corrected chi connectivity index (χ2v) is 12.9. The minimum absolute atomic E-state index is 0.142. The lowest BCUT2D eigenvalue weighted by Crippen LogP contribution is -2.36. The molecule has 0 aliphatic heterocycles. The van der Waals surface area contributed by atoms with E-state index in [-0.39, 0.29) is 17.3 Å². The lowest BCUT2D eigenvalue weighted by Gasteiger charge is -2.20. The Morgan fingerprint density at radius 2 is 1.52 bits per heavy atom. The Hall–Kier alpha value is -2.30. The summed E-state index contributed by atoms with van der Waals surface area (Å²) in [6.45, 7) is 1.70. The van der Waals surface area contributed by atoms with Crippen molar-refractivity contribution in [1.82, 2.24) is 4.90 Å². The Balaban J connectivity index is 1.41. The smallest absolute Gasteiger partial charge is 0.453 e. The molecule has 0 saturated carbocycles. The summed E-state index contributed by atoms with van der Waals surface area (Å²) in [5.74, 6) is -4.05. The van der Waals surface area contributed by atoms with Crippen molar-refractivity contribution in [3.8, 4) is 11.5 Å². The number of alkyl halides is 5. The zero-order valence-electron chi connectivity index (χ0n) is 24.2. The average molecular weight is 616 g/mol. The first-order chi connectivity index (χ1) is 19.9. The fourth-order valence-electron chi connectivity index (χ4n) is 5.46. The van der Waals surface area contributed by atoms with E-state index >= 15 is 0 Å². The molecule has 42 heavy (non-hydrogen) atoms. The van der Waals surface area contributed by atoms with Gasteiger partial charge < -0.3 is 19.7 Å². The van der Waals surface area contributed by atoms with Gasteiger partial charge in [-0.05, 0) is 130 Å². The highest BCUT2D eigenvalue weighted by Crippen LogP contribution is 2.41. The van der Waals surface area contributed by atoms with Crippen molar-refractivity contribution in [3.63, 3.8) is 0 Å². The van der Waals surface area contributed by atoms with E-state index in [4.69, 9.17) is 0 Å². The lowest BCUT2D eigenvalue weighted by atomic mass is 9.89. The van der Waals surface area contributed by atoms with Crippen molar-refractivity contribution in [3.05, 3.63) is 59.2 Å². The zero-order chi connectivity index (χ0) is 30.8. The molecule has 0 saturated heterocycles. The molecule has 0 fully saturated rings. The molecule has 0 amide bonds. The maximum atomic E-state index is 13.0. The van der Waals surface area contributed by atoms with Crippen LogP contribution in [0.1, 0.15) is 80.9 Å². The van der Waals surface area contributed by atoms with E-state index in [2.05, 4.69) is 4.90 Å². The van der Waals surface area contributed by atoms with Gasteiger partial charge in [0, 0.05) is 6.42 Å². The maximum absolute atomic E-state index is 13.0. The second-order valence-electron chi connectivity index (χ2n) is 11.2. The van der Waals surface area contributed by atoms with Crippen molar-refractivity contribution in [1.29, 1.82) is 0 Å². The quantitative estimate of drug-likeness (QED) is 0.113. The van der Waals surface area contributed by atoms with Crippen LogP contribution in [0.5, 0.6) is 11.5 Å². The third-order valence-electron chi connectivity index (χ3n) is 7.75. The molecule has 1 aliphatic rings. The van der Waals surface area contributed by atoms with Gasteiger partial charge >= 0.3 is 12.1 Å². The molecule has 0 radical (unpaired) electrons. The monoisotopic (exact) mass is 615 g/mol. The molecule has 1 aliphatic carbocycles. The van der Waals surface area contributed by atoms with Crippen LogP contribution in [0.3, 0.4) is 0 Å². The molecule has 0 spiro atoms. The van der Waals surface area contributed by atoms with E-state index in [0.29, 0.717) is 12.2 Å². The van der Waals surface area contributed by atoms with Gasteiger partial charge in [-0.25, -0.2) is 0 Å². The van der Waals surface area contributed by atoms with Gasteiger partial charge in [-0.1, -0.05) is 35.8 Å². The van der Waals surface area contributed by atoms with Crippen LogP contribution in [0.4, 0.5) is 22.0 Å². The summed E-state index contributed by atoms with van der Waals surface area (Å²) in [6.07, 6.45) is 0.811. The minimum atomic E-state index is -5.56. The highest BCUT2D eigenvalue weighted by molar-refractivity contribution is 7.91. The van der Waals surface area contributed by atoms with E-state index in [1.165, 1.54) is 16.7 Å². The van der Waals surface area contributed by atoms with E-state index in [1.807, 2.05) is 37.4 Å². The standard InChI is InChI=1S/C32H42F5NO3S/c1-38(19-5-6-20-42(41)21-9-17-31(33,34)32(35,36)37)18-4-2-3-13-30-28(24-10-7-12-26(39)22-24)14-8-11-25-23-27(40)15-16-29(25)30/h7,10,12,15-16,22-23,39-40H,2-6,8-9,11,13-14,17-21H2,1H3. The van der Waals surface area contributed by atoms with Crippen LogP contribution in [0.25, 0.3) is 11.1 Å². The third kappa shape index (κ3) is 10.5. The summed E-state index contributed by atoms with van der Waals surface area (Å²) in [6, 6.07) is 13.0. The van der Waals surface area contributed by atoms with Gasteiger partial charge in [0.2, 0.25) is 0 Å².